The second-order valence-electron chi connectivity index (χ2n) is 11.2. The minimum atomic E-state index is -0.279. The summed E-state index contributed by atoms with van der Waals surface area (Å²) in [5.41, 5.74) is 3.50. The molecule has 33 heavy (non-hydrogen) atoms. The van der Waals surface area contributed by atoms with Gasteiger partial charge >= 0.3 is 0 Å². The Morgan fingerprint density at radius 2 is 1.58 bits per heavy atom. The number of imidazole rings is 1. The predicted molar refractivity (Wildman–Crippen MR) is 140 cm³/mol. The quantitative estimate of drug-likeness (QED) is 0.389. The first-order chi connectivity index (χ1) is 15.2. The minimum Gasteiger partial charge on any atom is -0.507 e. The molecule has 0 fully saturated rings. The van der Waals surface area contributed by atoms with Crippen LogP contribution < -0.4 is 5.62 Å². The number of ketones is 1. The van der Waals surface area contributed by atoms with Gasteiger partial charge in [0.25, 0.3) is 0 Å². The molecule has 184 valence electrons. The van der Waals surface area contributed by atoms with Crippen molar-refractivity contribution in [2.24, 2.45) is 9.94 Å². The van der Waals surface area contributed by atoms with Crippen molar-refractivity contribution in [2.45, 2.75) is 105 Å². The number of aryl methyl sites for hydroxylation is 1. The maximum atomic E-state index is 13.5. The highest BCUT2D eigenvalue weighted by molar-refractivity contribution is 9.08. The van der Waals surface area contributed by atoms with Gasteiger partial charge in [0, 0.05) is 35.1 Å². The number of benzene rings is 1. The molecule has 2 aromatic rings. The number of aromatic nitrogens is 2. The second kappa shape index (κ2) is 10.6. The zero-order chi connectivity index (χ0) is 25.1. The van der Waals surface area contributed by atoms with E-state index in [1.165, 1.54) is 12.8 Å². The SMILES string of the molecule is CCC(CC)CCn1c(C)cn(CC(=O)c2cc(C(C)(C)C)c(O)c(C(C)(C)C)c2)/c1=N\Br. The number of aromatic hydroxyl groups is 1. The van der Waals surface area contributed by atoms with E-state index in [9.17, 15) is 9.90 Å². The van der Waals surface area contributed by atoms with E-state index < -0.39 is 0 Å². The summed E-state index contributed by atoms with van der Waals surface area (Å²) in [6.07, 6.45) is 5.43. The molecule has 2 rings (SSSR count). The number of Topliss-reactive ketones (excluding diaryl/α,β-unsaturated/α-hetero) is 1. The fourth-order valence-corrected chi connectivity index (χ4v) is 4.74. The van der Waals surface area contributed by atoms with Crippen molar-refractivity contribution in [1.82, 2.24) is 9.13 Å². The summed E-state index contributed by atoms with van der Waals surface area (Å²) in [5, 5.41) is 11.0. The monoisotopic (exact) mass is 519 g/mol. The third-order valence-electron chi connectivity index (χ3n) is 6.62. The lowest BCUT2D eigenvalue weighted by Gasteiger charge is -2.28. The average Bonchev–Trinajstić information content (AvgIpc) is 3.01. The van der Waals surface area contributed by atoms with Crippen molar-refractivity contribution >= 4 is 21.9 Å². The first kappa shape index (κ1) is 27.4. The van der Waals surface area contributed by atoms with Gasteiger partial charge in [-0.15, -0.1) is 0 Å². The Morgan fingerprint density at radius 1 is 1.06 bits per heavy atom. The van der Waals surface area contributed by atoms with Crippen molar-refractivity contribution in [1.29, 1.82) is 0 Å². The second-order valence-corrected chi connectivity index (χ2v) is 11.6. The Labute approximate surface area is 208 Å². The number of carbonyl (C=O) groups excluding carboxylic acids is 1. The molecule has 0 aliphatic rings. The zero-order valence-electron chi connectivity index (χ0n) is 21.9. The molecular formula is C27H42BrN3O2. The summed E-state index contributed by atoms with van der Waals surface area (Å²) < 4.78 is 8.44. The third-order valence-corrected chi connectivity index (χ3v) is 6.94. The number of phenols is 1. The lowest BCUT2D eigenvalue weighted by molar-refractivity contribution is 0.0970. The molecule has 0 saturated carbocycles. The number of rotatable bonds is 8. The van der Waals surface area contributed by atoms with Gasteiger partial charge in [0.2, 0.25) is 5.62 Å². The number of carbonyl (C=O) groups is 1. The van der Waals surface area contributed by atoms with Crippen molar-refractivity contribution in [3.63, 3.8) is 0 Å². The summed E-state index contributed by atoms with van der Waals surface area (Å²) in [7, 11) is 0. The Bertz CT molecular complexity index is 1010. The largest absolute Gasteiger partial charge is 0.507 e. The molecule has 0 atom stereocenters. The van der Waals surface area contributed by atoms with Crippen LogP contribution in [0.4, 0.5) is 0 Å². The van der Waals surface area contributed by atoms with Gasteiger partial charge in [0.1, 0.15) is 5.75 Å². The lowest BCUT2D eigenvalue weighted by Crippen LogP contribution is -2.29. The van der Waals surface area contributed by atoms with E-state index in [4.69, 9.17) is 0 Å². The van der Waals surface area contributed by atoms with Crippen LogP contribution in [0.1, 0.15) is 102 Å². The van der Waals surface area contributed by atoms with Crippen molar-refractivity contribution in [2.75, 3.05) is 0 Å². The Kier molecular flexibility index (Phi) is 8.83. The summed E-state index contributed by atoms with van der Waals surface area (Å²) in [4.78, 5) is 13.5. The number of hydrogen-bond donors (Lipinski definition) is 1. The van der Waals surface area contributed by atoms with Crippen LogP contribution >= 0.6 is 16.1 Å². The first-order valence-corrected chi connectivity index (χ1v) is 12.8. The van der Waals surface area contributed by atoms with Gasteiger partial charge in [0.05, 0.1) is 22.7 Å². The molecule has 0 aliphatic heterocycles. The topological polar surface area (TPSA) is 59.5 Å². The molecule has 0 bridgehead atoms. The molecule has 6 heteroatoms. The van der Waals surface area contributed by atoms with Crippen LogP contribution in [0.2, 0.25) is 0 Å². The van der Waals surface area contributed by atoms with E-state index in [2.05, 4.69) is 87.0 Å². The van der Waals surface area contributed by atoms with Crippen LogP contribution in [0, 0.1) is 12.8 Å². The molecule has 0 saturated heterocycles. The highest BCUT2D eigenvalue weighted by Crippen LogP contribution is 2.39. The highest BCUT2D eigenvalue weighted by Gasteiger charge is 2.28. The number of phenolic OH excluding ortho intramolecular Hbond substituents is 1. The van der Waals surface area contributed by atoms with Gasteiger partial charge in [-0.3, -0.25) is 4.79 Å². The highest BCUT2D eigenvalue weighted by atomic mass is 79.9. The Balaban J connectivity index is 2.46. The normalized spacial score (nSPS) is 13.2. The summed E-state index contributed by atoms with van der Waals surface area (Å²) in [6, 6.07) is 3.71. The maximum Gasteiger partial charge on any atom is 0.217 e. The van der Waals surface area contributed by atoms with E-state index in [1.807, 2.05) is 22.9 Å². The van der Waals surface area contributed by atoms with Gasteiger partial charge in [-0.1, -0.05) is 68.2 Å². The molecule has 0 spiro atoms. The molecular weight excluding hydrogens is 478 g/mol. The fourth-order valence-electron chi connectivity index (χ4n) is 4.35. The van der Waals surface area contributed by atoms with Crippen LogP contribution in [-0.4, -0.2) is 20.0 Å². The van der Waals surface area contributed by atoms with Crippen LogP contribution in [0.3, 0.4) is 0 Å². The first-order valence-electron chi connectivity index (χ1n) is 12.1. The standard InChI is InChI=1S/C27H42BrN3O2/c1-10-19(11-2)12-13-31-18(3)16-30(25(31)29-28)17-23(32)20-14-21(26(4,5)6)24(33)22(15-20)27(7,8)9/h14-16,19,33H,10-13,17H2,1-9H3/b29-25+. The van der Waals surface area contributed by atoms with E-state index in [1.54, 1.807) is 0 Å². The van der Waals surface area contributed by atoms with Crippen molar-refractivity contribution in [3.05, 3.63) is 46.3 Å². The Hall–Kier alpha value is -1.82. The predicted octanol–water partition coefficient (Wildman–Crippen LogP) is 6.82. The molecule has 1 N–H and O–H groups in total. The van der Waals surface area contributed by atoms with Gasteiger partial charge < -0.3 is 14.2 Å². The molecule has 0 amide bonds. The van der Waals surface area contributed by atoms with Crippen LogP contribution in [0.25, 0.3) is 0 Å². The van der Waals surface area contributed by atoms with E-state index in [0.717, 1.165) is 35.4 Å². The molecule has 5 nitrogen and oxygen atoms in total. The minimum absolute atomic E-state index is 0.00513. The van der Waals surface area contributed by atoms with Crippen LogP contribution in [0.5, 0.6) is 5.75 Å². The van der Waals surface area contributed by atoms with E-state index >= 15 is 0 Å². The third kappa shape index (κ3) is 6.40. The number of halogens is 1. The molecule has 1 aromatic carbocycles. The smallest absolute Gasteiger partial charge is 0.217 e. The molecule has 0 unspecified atom stereocenters. The molecule has 1 heterocycles. The van der Waals surface area contributed by atoms with Crippen molar-refractivity contribution < 1.29 is 9.90 Å². The van der Waals surface area contributed by atoms with Crippen LogP contribution in [0.15, 0.2) is 22.3 Å². The molecule has 1 aromatic heterocycles. The van der Waals surface area contributed by atoms with Gasteiger partial charge in [-0.25, -0.2) is 0 Å². The average molecular weight is 521 g/mol. The number of nitrogens with zero attached hydrogens (tertiary/aromatic N) is 3. The van der Waals surface area contributed by atoms with E-state index in [-0.39, 0.29) is 23.2 Å². The fraction of sp³-hybridized carbons (Fsp3) is 0.630. The van der Waals surface area contributed by atoms with Crippen LogP contribution in [-0.2, 0) is 23.9 Å². The molecule has 0 aliphatic carbocycles. The van der Waals surface area contributed by atoms with Gasteiger partial charge in [0.15, 0.2) is 5.78 Å². The van der Waals surface area contributed by atoms with E-state index in [0.29, 0.717) is 17.2 Å². The molecule has 0 radical (unpaired) electrons. The van der Waals surface area contributed by atoms with Crippen molar-refractivity contribution in [3.8, 4) is 5.75 Å². The zero-order valence-corrected chi connectivity index (χ0v) is 23.5. The van der Waals surface area contributed by atoms with Gasteiger partial charge in [-0.2, -0.15) is 4.02 Å². The summed E-state index contributed by atoms with van der Waals surface area (Å²) in [5.74, 6) is 0.984. The number of hydrogen-bond acceptors (Lipinski definition) is 3. The Morgan fingerprint density at radius 3 is 2.00 bits per heavy atom. The van der Waals surface area contributed by atoms with Gasteiger partial charge in [-0.05, 0) is 42.2 Å². The summed E-state index contributed by atoms with van der Waals surface area (Å²) in [6.45, 7) is 20.0. The lowest BCUT2D eigenvalue weighted by atomic mass is 9.78. The maximum absolute atomic E-state index is 13.5. The summed E-state index contributed by atoms with van der Waals surface area (Å²) >= 11 is 3.28.